The molecule has 1 aromatic carbocycles. The monoisotopic (exact) mass is 204 g/mol. The highest BCUT2D eigenvalue weighted by molar-refractivity contribution is 5.30. The number of hydrogen-bond donors (Lipinski definition) is 2. The molecule has 0 spiro atoms. The number of nitrogens with two attached hydrogens (primary N) is 1. The van der Waals surface area contributed by atoms with E-state index in [1.54, 1.807) is 0 Å². The Labute approximate surface area is 91.9 Å². The highest BCUT2D eigenvalue weighted by Crippen LogP contribution is 2.25. The average molecular weight is 204 g/mol. The van der Waals surface area contributed by atoms with Crippen LogP contribution in [0.4, 0.5) is 0 Å². The zero-order valence-electron chi connectivity index (χ0n) is 9.37. The fourth-order valence-corrected chi connectivity index (χ4v) is 2.02. The standard InChI is InChI=1S/C13H20N2/c1-2-10-5-3-4-6-12(10)13(9-14)15-11-7-8-11/h3-6,11,13,15H,2,7-9,14H2,1H3. The molecule has 2 heteroatoms. The molecule has 1 aromatic rings. The molecule has 0 aliphatic heterocycles. The first-order valence-corrected chi connectivity index (χ1v) is 5.89. The summed E-state index contributed by atoms with van der Waals surface area (Å²) >= 11 is 0. The molecule has 1 aliphatic carbocycles. The van der Waals surface area contributed by atoms with Crippen LogP contribution in [0.3, 0.4) is 0 Å². The van der Waals surface area contributed by atoms with E-state index in [4.69, 9.17) is 5.73 Å². The van der Waals surface area contributed by atoms with Gasteiger partial charge >= 0.3 is 0 Å². The van der Waals surface area contributed by atoms with Crippen molar-refractivity contribution in [2.24, 2.45) is 5.73 Å². The van der Waals surface area contributed by atoms with Crippen LogP contribution in [0.5, 0.6) is 0 Å². The van der Waals surface area contributed by atoms with Crippen LogP contribution in [0.25, 0.3) is 0 Å². The summed E-state index contributed by atoms with van der Waals surface area (Å²) in [6, 6.07) is 9.66. The van der Waals surface area contributed by atoms with Gasteiger partial charge in [-0.2, -0.15) is 0 Å². The summed E-state index contributed by atoms with van der Waals surface area (Å²) in [5.74, 6) is 0. The maximum Gasteiger partial charge on any atom is 0.0449 e. The van der Waals surface area contributed by atoms with Gasteiger partial charge in [0.05, 0.1) is 0 Å². The van der Waals surface area contributed by atoms with Crippen molar-refractivity contribution >= 4 is 0 Å². The summed E-state index contributed by atoms with van der Waals surface area (Å²) in [5.41, 5.74) is 8.64. The van der Waals surface area contributed by atoms with Crippen LogP contribution in [0.2, 0.25) is 0 Å². The van der Waals surface area contributed by atoms with Gasteiger partial charge in [-0.05, 0) is 30.4 Å². The Bertz CT molecular complexity index is 318. The number of hydrogen-bond acceptors (Lipinski definition) is 2. The van der Waals surface area contributed by atoms with Gasteiger partial charge in [-0.1, -0.05) is 31.2 Å². The smallest absolute Gasteiger partial charge is 0.0449 e. The van der Waals surface area contributed by atoms with Crippen LogP contribution in [-0.4, -0.2) is 12.6 Å². The second-order valence-corrected chi connectivity index (χ2v) is 4.28. The van der Waals surface area contributed by atoms with Gasteiger partial charge in [0.25, 0.3) is 0 Å². The lowest BCUT2D eigenvalue weighted by Gasteiger charge is -2.19. The Kier molecular flexibility index (Phi) is 3.39. The van der Waals surface area contributed by atoms with Crippen LogP contribution in [0, 0.1) is 0 Å². The molecule has 2 rings (SSSR count). The van der Waals surface area contributed by atoms with Crippen LogP contribution in [-0.2, 0) is 6.42 Å². The maximum absolute atomic E-state index is 5.84. The molecule has 1 aliphatic rings. The Morgan fingerprint density at radius 2 is 2.13 bits per heavy atom. The lowest BCUT2D eigenvalue weighted by atomic mass is 9.98. The fourth-order valence-electron chi connectivity index (χ4n) is 2.02. The van der Waals surface area contributed by atoms with Gasteiger partial charge in [0, 0.05) is 18.6 Å². The quantitative estimate of drug-likeness (QED) is 0.770. The predicted molar refractivity (Wildman–Crippen MR) is 63.8 cm³/mol. The van der Waals surface area contributed by atoms with Crippen molar-refractivity contribution in [1.82, 2.24) is 5.32 Å². The molecular formula is C13H20N2. The molecule has 3 N–H and O–H groups in total. The third-order valence-corrected chi connectivity index (χ3v) is 3.06. The molecular weight excluding hydrogens is 184 g/mol. The van der Waals surface area contributed by atoms with E-state index in [9.17, 15) is 0 Å². The van der Waals surface area contributed by atoms with Gasteiger partial charge in [0.15, 0.2) is 0 Å². The van der Waals surface area contributed by atoms with E-state index in [-0.39, 0.29) is 0 Å². The number of benzene rings is 1. The van der Waals surface area contributed by atoms with Crippen molar-refractivity contribution in [3.8, 4) is 0 Å². The van der Waals surface area contributed by atoms with Crippen LogP contribution < -0.4 is 11.1 Å². The van der Waals surface area contributed by atoms with Crippen molar-refractivity contribution in [2.45, 2.75) is 38.3 Å². The molecule has 2 nitrogen and oxygen atoms in total. The van der Waals surface area contributed by atoms with Crippen molar-refractivity contribution in [1.29, 1.82) is 0 Å². The molecule has 0 radical (unpaired) electrons. The van der Waals surface area contributed by atoms with Crippen LogP contribution in [0.15, 0.2) is 24.3 Å². The van der Waals surface area contributed by atoms with E-state index in [1.807, 2.05) is 0 Å². The molecule has 1 saturated carbocycles. The molecule has 1 atom stereocenters. The lowest BCUT2D eigenvalue weighted by molar-refractivity contribution is 0.535. The van der Waals surface area contributed by atoms with Crippen molar-refractivity contribution < 1.29 is 0 Å². The third-order valence-electron chi connectivity index (χ3n) is 3.06. The largest absolute Gasteiger partial charge is 0.329 e. The molecule has 0 saturated heterocycles. The number of rotatable bonds is 5. The van der Waals surface area contributed by atoms with Gasteiger partial charge in [-0.3, -0.25) is 0 Å². The first-order valence-electron chi connectivity index (χ1n) is 5.89. The van der Waals surface area contributed by atoms with Crippen molar-refractivity contribution in [2.75, 3.05) is 6.54 Å². The van der Waals surface area contributed by atoms with Crippen molar-refractivity contribution in [3.63, 3.8) is 0 Å². The van der Waals surface area contributed by atoms with E-state index in [1.165, 1.54) is 24.0 Å². The molecule has 15 heavy (non-hydrogen) atoms. The minimum atomic E-state index is 0.341. The topological polar surface area (TPSA) is 38.0 Å². The highest BCUT2D eigenvalue weighted by atomic mass is 15.0. The molecule has 82 valence electrons. The number of nitrogens with one attached hydrogen (secondary N) is 1. The first kappa shape index (κ1) is 10.7. The maximum atomic E-state index is 5.84. The summed E-state index contributed by atoms with van der Waals surface area (Å²) in [7, 11) is 0. The average Bonchev–Trinajstić information content (AvgIpc) is 3.10. The predicted octanol–water partition coefficient (Wildman–Crippen LogP) is 2.00. The molecule has 0 amide bonds. The summed E-state index contributed by atoms with van der Waals surface area (Å²) in [4.78, 5) is 0. The zero-order chi connectivity index (χ0) is 10.7. The first-order chi connectivity index (χ1) is 7.35. The Morgan fingerprint density at radius 3 is 2.73 bits per heavy atom. The van der Waals surface area contributed by atoms with E-state index in [2.05, 4.69) is 36.5 Å². The summed E-state index contributed by atoms with van der Waals surface area (Å²) in [6.45, 7) is 2.89. The van der Waals surface area contributed by atoms with Gasteiger partial charge in [0.2, 0.25) is 0 Å². The van der Waals surface area contributed by atoms with Crippen LogP contribution >= 0.6 is 0 Å². The Hall–Kier alpha value is -0.860. The normalized spacial score (nSPS) is 17.7. The second-order valence-electron chi connectivity index (χ2n) is 4.28. The summed E-state index contributed by atoms with van der Waals surface area (Å²) in [5, 5.41) is 3.61. The van der Waals surface area contributed by atoms with Gasteiger partial charge in [0.1, 0.15) is 0 Å². The minimum Gasteiger partial charge on any atom is -0.329 e. The molecule has 0 aromatic heterocycles. The minimum absolute atomic E-state index is 0.341. The molecule has 1 fully saturated rings. The Balaban J connectivity index is 2.15. The SMILES string of the molecule is CCc1ccccc1C(CN)NC1CC1. The molecule has 0 bridgehead atoms. The molecule has 1 unspecified atom stereocenters. The summed E-state index contributed by atoms with van der Waals surface area (Å²) < 4.78 is 0. The summed E-state index contributed by atoms with van der Waals surface area (Å²) in [6.07, 6.45) is 3.70. The zero-order valence-corrected chi connectivity index (χ0v) is 9.37. The highest BCUT2D eigenvalue weighted by Gasteiger charge is 2.25. The third kappa shape index (κ3) is 2.58. The van der Waals surface area contributed by atoms with Gasteiger partial charge < -0.3 is 11.1 Å². The second kappa shape index (κ2) is 4.77. The van der Waals surface area contributed by atoms with E-state index >= 15 is 0 Å². The van der Waals surface area contributed by atoms with E-state index < -0.39 is 0 Å². The van der Waals surface area contributed by atoms with Gasteiger partial charge in [-0.25, -0.2) is 0 Å². The lowest BCUT2D eigenvalue weighted by Crippen LogP contribution is -2.30. The number of aryl methyl sites for hydroxylation is 1. The van der Waals surface area contributed by atoms with Crippen molar-refractivity contribution in [3.05, 3.63) is 35.4 Å². The fraction of sp³-hybridized carbons (Fsp3) is 0.538. The van der Waals surface area contributed by atoms with Gasteiger partial charge in [-0.15, -0.1) is 0 Å². The van der Waals surface area contributed by atoms with Crippen LogP contribution in [0.1, 0.15) is 36.9 Å². The van der Waals surface area contributed by atoms with E-state index in [0.717, 1.165) is 6.42 Å². The molecule has 0 heterocycles. The Morgan fingerprint density at radius 1 is 1.40 bits per heavy atom. The van der Waals surface area contributed by atoms with E-state index in [0.29, 0.717) is 18.6 Å².